The highest BCUT2D eigenvalue weighted by molar-refractivity contribution is 9.10. The van der Waals surface area contributed by atoms with Crippen LogP contribution in [-0.2, 0) is 16.6 Å². The van der Waals surface area contributed by atoms with E-state index in [-0.39, 0.29) is 0 Å². The molecule has 1 unspecified atom stereocenters. The van der Waals surface area contributed by atoms with E-state index in [1.54, 1.807) is 0 Å². The Bertz CT molecular complexity index is 522. The molecule has 4 heteroatoms. The van der Waals surface area contributed by atoms with E-state index in [0.717, 1.165) is 14.9 Å². The summed E-state index contributed by atoms with van der Waals surface area (Å²) in [5.41, 5.74) is 7.40. The van der Waals surface area contributed by atoms with Gasteiger partial charge in [-0.15, -0.1) is 0 Å². The van der Waals surface area contributed by atoms with Crippen molar-refractivity contribution in [1.29, 1.82) is 0 Å². The van der Waals surface area contributed by atoms with Gasteiger partial charge in [-0.05, 0) is 35.9 Å². The number of anilines is 1. The summed E-state index contributed by atoms with van der Waals surface area (Å²) in [6.07, 6.45) is 0. The molecule has 2 aromatic carbocycles. The Morgan fingerprint density at radius 2 is 1.82 bits per heavy atom. The third-order valence-corrected chi connectivity index (χ3v) is 4.14. The molecule has 17 heavy (non-hydrogen) atoms. The van der Waals surface area contributed by atoms with E-state index in [1.807, 2.05) is 48.5 Å². The molecule has 2 rings (SSSR count). The highest BCUT2D eigenvalue weighted by atomic mass is 79.9. The summed E-state index contributed by atoms with van der Waals surface area (Å²) in [4.78, 5) is 0.839. The third-order valence-electron chi connectivity index (χ3n) is 2.28. The number of halogens is 1. The van der Waals surface area contributed by atoms with Crippen molar-refractivity contribution in [3.63, 3.8) is 0 Å². The van der Waals surface area contributed by atoms with Crippen molar-refractivity contribution >= 4 is 32.4 Å². The van der Waals surface area contributed by atoms with Gasteiger partial charge in [0.05, 0.1) is 16.6 Å². The quantitative estimate of drug-likeness (QED) is 0.884. The topological polar surface area (TPSA) is 43.1 Å². The molecule has 0 aliphatic rings. The molecule has 0 heterocycles. The minimum absolute atomic E-state index is 0.480. The van der Waals surface area contributed by atoms with Crippen LogP contribution in [0.5, 0.6) is 0 Å². The van der Waals surface area contributed by atoms with Crippen molar-refractivity contribution in [3.8, 4) is 0 Å². The lowest BCUT2D eigenvalue weighted by Gasteiger charge is -2.04. The van der Waals surface area contributed by atoms with Crippen LogP contribution in [0.4, 0.5) is 5.69 Å². The number of nitrogens with two attached hydrogens (primary N) is 1. The van der Waals surface area contributed by atoms with Gasteiger partial charge in [-0.1, -0.05) is 34.1 Å². The van der Waals surface area contributed by atoms with Gasteiger partial charge in [0.25, 0.3) is 0 Å². The lowest BCUT2D eigenvalue weighted by molar-refractivity contribution is 0.682. The van der Waals surface area contributed by atoms with E-state index < -0.39 is 10.8 Å². The minimum atomic E-state index is -1.03. The van der Waals surface area contributed by atoms with Crippen LogP contribution in [0.1, 0.15) is 5.56 Å². The molecular weight excluding hydrogens is 298 g/mol. The second kappa shape index (κ2) is 5.47. The Kier molecular flexibility index (Phi) is 3.97. The second-order valence-electron chi connectivity index (χ2n) is 3.70. The van der Waals surface area contributed by atoms with Crippen LogP contribution in [-0.4, -0.2) is 4.21 Å². The lowest BCUT2D eigenvalue weighted by atomic mass is 10.2. The van der Waals surface area contributed by atoms with Gasteiger partial charge < -0.3 is 5.73 Å². The predicted molar refractivity (Wildman–Crippen MR) is 75.1 cm³/mol. The van der Waals surface area contributed by atoms with Crippen LogP contribution in [0.15, 0.2) is 57.9 Å². The Morgan fingerprint density at radius 1 is 1.12 bits per heavy atom. The summed E-state index contributed by atoms with van der Waals surface area (Å²) < 4.78 is 13.0. The molecule has 88 valence electrons. The lowest BCUT2D eigenvalue weighted by Crippen LogP contribution is -1.97. The van der Waals surface area contributed by atoms with Crippen LogP contribution in [0.25, 0.3) is 0 Å². The standard InChI is InChI=1S/C13H12BrNOS/c14-11-6-10(7-12(15)8-11)9-17(16)13-4-2-1-3-5-13/h1-8H,9,15H2. The fraction of sp³-hybridized carbons (Fsp3) is 0.0769. The van der Waals surface area contributed by atoms with Crippen molar-refractivity contribution in [1.82, 2.24) is 0 Å². The molecule has 0 bridgehead atoms. The van der Waals surface area contributed by atoms with E-state index in [4.69, 9.17) is 5.73 Å². The number of hydrogen-bond acceptors (Lipinski definition) is 2. The van der Waals surface area contributed by atoms with Gasteiger partial charge in [0, 0.05) is 15.1 Å². The van der Waals surface area contributed by atoms with Gasteiger partial charge >= 0.3 is 0 Å². The smallest absolute Gasteiger partial charge is 0.0574 e. The number of hydrogen-bond donors (Lipinski definition) is 1. The molecule has 0 fully saturated rings. The van der Waals surface area contributed by atoms with Crippen molar-refractivity contribution in [2.75, 3.05) is 5.73 Å². The molecule has 2 N–H and O–H groups in total. The molecule has 0 amide bonds. The molecule has 0 spiro atoms. The first-order chi connectivity index (χ1) is 8.15. The first-order valence-corrected chi connectivity index (χ1v) is 7.25. The minimum Gasteiger partial charge on any atom is -0.399 e. The molecule has 2 nitrogen and oxygen atoms in total. The summed E-state index contributed by atoms with van der Waals surface area (Å²) in [5.74, 6) is 0.480. The van der Waals surface area contributed by atoms with Crippen molar-refractivity contribution < 1.29 is 4.21 Å². The highest BCUT2D eigenvalue weighted by Gasteiger charge is 2.05. The third kappa shape index (κ3) is 3.41. The van der Waals surface area contributed by atoms with Gasteiger partial charge in [-0.3, -0.25) is 4.21 Å². The zero-order valence-electron chi connectivity index (χ0n) is 9.10. The Labute approximate surface area is 111 Å². The zero-order chi connectivity index (χ0) is 12.3. The van der Waals surface area contributed by atoms with Gasteiger partial charge in [0.15, 0.2) is 0 Å². The average molecular weight is 310 g/mol. The maximum absolute atomic E-state index is 12.1. The Balaban J connectivity index is 2.19. The number of rotatable bonds is 3. The van der Waals surface area contributed by atoms with Crippen LogP contribution in [0, 0.1) is 0 Å². The summed E-state index contributed by atoms with van der Waals surface area (Å²) in [7, 11) is -1.03. The summed E-state index contributed by atoms with van der Waals surface area (Å²) >= 11 is 3.38. The SMILES string of the molecule is Nc1cc(Br)cc(CS(=O)c2ccccc2)c1. The molecule has 0 saturated carbocycles. The van der Waals surface area contributed by atoms with Crippen LogP contribution in [0.2, 0.25) is 0 Å². The second-order valence-corrected chi connectivity index (χ2v) is 6.06. The predicted octanol–water partition coefficient (Wildman–Crippen LogP) is 3.34. The summed E-state index contributed by atoms with van der Waals surface area (Å²) in [6, 6.07) is 15.1. The van der Waals surface area contributed by atoms with E-state index in [1.165, 1.54) is 0 Å². The monoisotopic (exact) mass is 309 g/mol. The van der Waals surface area contributed by atoms with Crippen molar-refractivity contribution in [3.05, 3.63) is 58.6 Å². The summed E-state index contributed by atoms with van der Waals surface area (Å²) in [5, 5.41) is 0. The zero-order valence-corrected chi connectivity index (χ0v) is 11.5. The Hall–Kier alpha value is -1.13. The first-order valence-electron chi connectivity index (χ1n) is 5.13. The van der Waals surface area contributed by atoms with E-state index in [9.17, 15) is 4.21 Å². The molecule has 0 aliphatic carbocycles. The average Bonchev–Trinajstić information content (AvgIpc) is 2.28. The molecule has 1 atom stereocenters. The molecular formula is C13H12BrNOS. The maximum atomic E-state index is 12.1. The van der Waals surface area contributed by atoms with Gasteiger partial charge in [-0.25, -0.2) is 0 Å². The van der Waals surface area contributed by atoms with Crippen LogP contribution < -0.4 is 5.73 Å². The molecule has 0 saturated heterocycles. The van der Waals surface area contributed by atoms with Crippen molar-refractivity contribution in [2.45, 2.75) is 10.6 Å². The largest absolute Gasteiger partial charge is 0.399 e. The van der Waals surface area contributed by atoms with Gasteiger partial charge in [0.1, 0.15) is 0 Å². The molecule has 2 aromatic rings. The van der Waals surface area contributed by atoms with E-state index >= 15 is 0 Å². The fourth-order valence-electron chi connectivity index (χ4n) is 1.57. The first kappa shape index (κ1) is 12.3. The fourth-order valence-corrected chi connectivity index (χ4v) is 3.22. The van der Waals surface area contributed by atoms with Crippen LogP contribution >= 0.6 is 15.9 Å². The normalized spacial score (nSPS) is 12.3. The van der Waals surface area contributed by atoms with E-state index in [0.29, 0.717) is 11.4 Å². The van der Waals surface area contributed by atoms with Crippen LogP contribution in [0.3, 0.4) is 0 Å². The Morgan fingerprint density at radius 3 is 2.47 bits per heavy atom. The van der Waals surface area contributed by atoms with E-state index in [2.05, 4.69) is 15.9 Å². The summed E-state index contributed by atoms with van der Waals surface area (Å²) in [6.45, 7) is 0. The van der Waals surface area contributed by atoms with Gasteiger partial charge in [0.2, 0.25) is 0 Å². The molecule has 0 aromatic heterocycles. The number of benzene rings is 2. The highest BCUT2D eigenvalue weighted by Crippen LogP contribution is 2.20. The van der Waals surface area contributed by atoms with Gasteiger partial charge in [-0.2, -0.15) is 0 Å². The molecule has 0 aliphatic heterocycles. The molecule has 0 radical (unpaired) electrons. The maximum Gasteiger partial charge on any atom is 0.0574 e. The number of nitrogen functional groups attached to an aromatic ring is 1. The van der Waals surface area contributed by atoms with Crippen molar-refractivity contribution in [2.24, 2.45) is 0 Å².